The summed E-state index contributed by atoms with van der Waals surface area (Å²) in [5.74, 6) is 0. The van der Waals surface area contributed by atoms with Gasteiger partial charge >= 0.3 is 0 Å². The van der Waals surface area contributed by atoms with Crippen molar-refractivity contribution in [1.29, 1.82) is 0 Å². The van der Waals surface area contributed by atoms with E-state index < -0.39 is 0 Å². The van der Waals surface area contributed by atoms with Gasteiger partial charge in [0.1, 0.15) is 0 Å². The number of aromatic nitrogens is 2. The molecule has 12 rings (SSSR count). The molecule has 0 saturated carbocycles. The maximum absolute atomic E-state index is 5.07. The van der Waals surface area contributed by atoms with Gasteiger partial charge in [-0.05, 0) is 108 Å². The Labute approximate surface area is 435 Å². The standard InChI is InChI=1S/C67H44N4.Ir/c1-4-17-47(18-5-1)48-31-33-49(34-32-48)51-21-16-22-52(39-51)66-38-36-54(44-69-66)60-26-11-13-28-62(60)56-40-55(61-27-12-10-25-59(61)53-35-37-65(68-43-53)50-19-6-2-7-20-50)41-57(42-56)63-29-14-15-30-64(63)67-45-71(46-70-67)58-23-8-3-9-24-58;/h1-19,21,23,25-46,70H;/q-4;. The SMILES string of the molecule is [Ir].[c-]1ccccc1-c1ccc(-c2ccccc2-c2cc(-c3ccccc3C3=CN(c4[c-]cccc4)[CH-]N3)cc(-c3ccccc3-c3ccc(-c4[c-]ccc(-c5ccc(-c6ccccc6)cc5)c4)nc3)c2)cn1. The smallest absolute Gasteiger partial charge is 0.0281 e. The van der Waals surface area contributed by atoms with Crippen LogP contribution in [0.2, 0.25) is 0 Å². The molecule has 0 saturated heterocycles. The van der Waals surface area contributed by atoms with Crippen LogP contribution in [0.15, 0.2) is 255 Å². The molecule has 345 valence electrons. The first kappa shape index (κ1) is 45.7. The molecule has 1 aliphatic heterocycles. The molecule has 1 aliphatic rings. The van der Waals surface area contributed by atoms with Gasteiger partial charge in [-0.3, -0.25) is 0 Å². The molecule has 11 aromatic rings. The summed E-state index contributed by atoms with van der Waals surface area (Å²) in [6, 6.07) is 93.0. The molecule has 0 aliphatic carbocycles. The number of nitrogens with one attached hydrogen (secondary N) is 1. The van der Waals surface area contributed by atoms with Crippen molar-refractivity contribution < 1.29 is 20.1 Å². The third-order valence-electron chi connectivity index (χ3n) is 13.1. The van der Waals surface area contributed by atoms with Crippen LogP contribution in [0.3, 0.4) is 0 Å². The van der Waals surface area contributed by atoms with E-state index in [1.54, 1.807) is 0 Å². The Morgan fingerprint density at radius 2 is 0.806 bits per heavy atom. The molecule has 4 nitrogen and oxygen atoms in total. The summed E-state index contributed by atoms with van der Waals surface area (Å²) in [5.41, 5.74) is 22.3. The second kappa shape index (κ2) is 20.7. The number of benzene rings is 9. The van der Waals surface area contributed by atoms with Gasteiger partial charge in [-0.25, -0.2) is 0 Å². The predicted octanol–water partition coefficient (Wildman–Crippen LogP) is 16.4. The van der Waals surface area contributed by atoms with E-state index in [9.17, 15) is 0 Å². The number of anilines is 1. The third-order valence-corrected chi connectivity index (χ3v) is 13.1. The molecule has 9 aromatic carbocycles. The van der Waals surface area contributed by atoms with Gasteiger partial charge in [-0.1, -0.05) is 152 Å². The van der Waals surface area contributed by atoms with Crippen LogP contribution in [0.5, 0.6) is 0 Å². The summed E-state index contributed by atoms with van der Waals surface area (Å²) in [6.07, 6.45) is 6.11. The van der Waals surface area contributed by atoms with Crippen molar-refractivity contribution in [3.8, 4) is 100 Å². The summed E-state index contributed by atoms with van der Waals surface area (Å²) in [7, 11) is 0. The number of hydrogen-bond acceptors (Lipinski definition) is 4. The zero-order chi connectivity index (χ0) is 47.3. The van der Waals surface area contributed by atoms with E-state index in [2.05, 4.69) is 217 Å². The third kappa shape index (κ3) is 9.47. The second-order valence-electron chi connectivity index (χ2n) is 17.5. The zero-order valence-corrected chi connectivity index (χ0v) is 41.4. The quantitative estimate of drug-likeness (QED) is 0.131. The fraction of sp³-hybridized carbons (Fsp3) is 0. The van der Waals surface area contributed by atoms with Crippen LogP contribution in [-0.2, 0) is 20.1 Å². The molecule has 0 bridgehead atoms. The van der Waals surface area contributed by atoms with Crippen LogP contribution < -0.4 is 10.2 Å². The van der Waals surface area contributed by atoms with Crippen molar-refractivity contribution in [3.05, 3.63) is 286 Å². The van der Waals surface area contributed by atoms with Gasteiger partial charge < -0.3 is 20.2 Å². The molecular formula is C67H44IrN4-4. The molecule has 3 heterocycles. The van der Waals surface area contributed by atoms with Crippen LogP contribution >= 0.6 is 0 Å². The Bertz CT molecular complexity index is 3670. The fourth-order valence-corrected chi connectivity index (χ4v) is 9.48. The maximum atomic E-state index is 5.07. The van der Waals surface area contributed by atoms with E-state index >= 15 is 0 Å². The van der Waals surface area contributed by atoms with E-state index in [0.29, 0.717) is 0 Å². The first-order valence-corrected chi connectivity index (χ1v) is 23.8. The Balaban J connectivity index is 0.00000560. The van der Waals surface area contributed by atoms with Crippen molar-refractivity contribution in [2.45, 2.75) is 0 Å². The van der Waals surface area contributed by atoms with Gasteiger partial charge in [-0.15, -0.1) is 77.0 Å². The van der Waals surface area contributed by atoms with E-state index in [4.69, 9.17) is 9.97 Å². The number of nitrogens with zero attached hydrogens (tertiary/aromatic N) is 3. The van der Waals surface area contributed by atoms with E-state index in [1.165, 1.54) is 11.1 Å². The molecule has 0 fully saturated rings. The summed E-state index contributed by atoms with van der Waals surface area (Å²) >= 11 is 0. The molecule has 2 aromatic heterocycles. The molecule has 0 unspecified atom stereocenters. The van der Waals surface area contributed by atoms with E-state index in [-0.39, 0.29) is 20.1 Å². The fourth-order valence-electron chi connectivity index (χ4n) is 9.48. The number of para-hydroxylation sites is 1. The minimum absolute atomic E-state index is 0. The molecule has 72 heavy (non-hydrogen) atoms. The van der Waals surface area contributed by atoms with Gasteiger partial charge in [0.2, 0.25) is 0 Å². The van der Waals surface area contributed by atoms with Crippen molar-refractivity contribution in [2.24, 2.45) is 0 Å². The molecule has 1 N–H and O–H groups in total. The van der Waals surface area contributed by atoms with Crippen LogP contribution in [0.4, 0.5) is 5.69 Å². The average molecular weight is 1100 g/mol. The molecule has 0 atom stereocenters. The van der Waals surface area contributed by atoms with Crippen LogP contribution in [0, 0.1) is 24.9 Å². The Kier molecular flexibility index (Phi) is 13.1. The normalized spacial score (nSPS) is 11.9. The van der Waals surface area contributed by atoms with Crippen molar-refractivity contribution >= 4 is 11.4 Å². The predicted molar refractivity (Wildman–Crippen MR) is 292 cm³/mol. The van der Waals surface area contributed by atoms with Gasteiger partial charge in [0.25, 0.3) is 0 Å². The van der Waals surface area contributed by atoms with Crippen LogP contribution in [-0.4, -0.2) is 9.97 Å². The average Bonchev–Trinajstić information content (AvgIpc) is 3.97. The van der Waals surface area contributed by atoms with Crippen molar-refractivity contribution in [2.75, 3.05) is 4.90 Å². The topological polar surface area (TPSA) is 41.0 Å². The summed E-state index contributed by atoms with van der Waals surface area (Å²) in [6.45, 7) is 1.99. The first-order valence-electron chi connectivity index (χ1n) is 23.8. The minimum Gasteiger partial charge on any atom is -0.514 e. The first-order chi connectivity index (χ1) is 35.2. The monoisotopic (exact) mass is 1100 g/mol. The van der Waals surface area contributed by atoms with E-state index in [0.717, 1.165) is 106 Å². The molecule has 5 heteroatoms. The van der Waals surface area contributed by atoms with Crippen molar-refractivity contribution in [3.63, 3.8) is 0 Å². The summed E-state index contributed by atoms with van der Waals surface area (Å²) < 4.78 is 0. The molecular weight excluding hydrogens is 1050 g/mol. The summed E-state index contributed by atoms with van der Waals surface area (Å²) in [4.78, 5) is 12.1. The van der Waals surface area contributed by atoms with Crippen LogP contribution in [0.1, 0.15) is 5.56 Å². The Hall–Kier alpha value is -8.73. The van der Waals surface area contributed by atoms with Gasteiger partial charge in [-0.2, -0.15) is 37.0 Å². The largest absolute Gasteiger partial charge is 0.514 e. The zero-order valence-electron chi connectivity index (χ0n) is 39.0. The molecule has 0 spiro atoms. The maximum Gasteiger partial charge on any atom is 0.0281 e. The van der Waals surface area contributed by atoms with Gasteiger partial charge in [0, 0.05) is 43.8 Å². The Morgan fingerprint density at radius 1 is 0.347 bits per heavy atom. The summed E-state index contributed by atoms with van der Waals surface area (Å²) in [5, 5.41) is 3.56. The van der Waals surface area contributed by atoms with Crippen molar-refractivity contribution in [1.82, 2.24) is 15.3 Å². The Morgan fingerprint density at radius 3 is 1.35 bits per heavy atom. The van der Waals surface area contributed by atoms with Crippen LogP contribution in [0.25, 0.3) is 106 Å². The minimum atomic E-state index is 0. The number of pyridine rings is 2. The molecule has 1 radical (unpaired) electrons. The molecule has 0 amide bonds. The second-order valence-corrected chi connectivity index (χ2v) is 17.5. The number of hydrogen-bond donors (Lipinski definition) is 1. The number of rotatable bonds is 11. The van der Waals surface area contributed by atoms with Gasteiger partial charge in [0.15, 0.2) is 0 Å². The van der Waals surface area contributed by atoms with Gasteiger partial charge in [0.05, 0.1) is 0 Å². The van der Waals surface area contributed by atoms with E-state index in [1.807, 2.05) is 73.7 Å².